The van der Waals surface area contributed by atoms with Crippen molar-refractivity contribution >= 4 is 5.91 Å². The molecule has 0 spiro atoms. The highest BCUT2D eigenvalue weighted by molar-refractivity contribution is 5.76. The summed E-state index contributed by atoms with van der Waals surface area (Å²) in [6.07, 6.45) is 2.07. The van der Waals surface area contributed by atoms with E-state index >= 15 is 0 Å². The molecule has 0 aromatic heterocycles. The van der Waals surface area contributed by atoms with Gasteiger partial charge in [0.15, 0.2) is 0 Å². The van der Waals surface area contributed by atoms with Crippen LogP contribution in [-0.4, -0.2) is 48.8 Å². The van der Waals surface area contributed by atoms with E-state index < -0.39 is 0 Å². The van der Waals surface area contributed by atoms with Crippen molar-refractivity contribution in [2.24, 2.45) is 0 Å². The molecule has 4 nitrogen and oxygen atoms in total. The molecule has 0 aliphatic rings. The minimum Gasteiger partial charge on any atom is -0.396 e. The number of carbonyl (C=O) groups excluding carboxylic acids is 1. The van der Waals surface area contributed by atoms with Crippen LogP contribution >= 0.6 is 0 Å². The van der Waals surface area contributed by atoms with Gasteiger partial charge in [-0.2, -0.15) is 0 Å². The molecule has 0 heterocycles. The molecule has 0 unspecified atom stereocenters. The second-order valence-corrected chi connectivity index (χ2v) is 3.41. The lowest BCUT2D eigenvalue weighted by Gasteiger charge is -2.20. The van der Waals surface area contributed by atoms with Gasteiger partial charge in [-0.3, -0.25) is 4.79 Å². The number of ether oxygens (including phenoxy) is 1. The van der Waals surface area contributed by atoms with Gasteiger partial charge in [-0.1, -0.05) is 6.92 Å². The van der Waals surface area contributed by atoms with Crippen LogP contribution in [0, 0.1) is 0 Å². The molecule has 0 saturated heterocycles. The molecule has 4 heteroatoms. The van der Waals surface area contributed by atoms with E-state index in [0.717, 1.165) is 13.0 Å². The molecule has 90 valence electrons. The lowest BCUT2D eigenvalue weighted by Crippen LogP contribution is -2.32. The van der Waals surface area contributed by atoms with E-state index in [-0.39, 0.29) is 12.5 Å². The van der Waals surface area contributed by atoms with Gasteiger partial charge in [-0.15, -0.1) is 0 Å². The number of rotatable bonds is 9. The number of amides is 1. The van der Waals surface area contributed by atoms with Crippen molar-refractivity contribution in [1.82, 2.24) is 4.90 Å². The molecule has 0 radical (unpaired) electrons. The Kier molecular flexibility index (Phi) is 9.52. The van der Waals surface area contributed by atoms with Gasteiger partial charge in [0.05, 0.1) is 13.0 Å². The summed E-state index contributed by atoms with van der Waals surface area (Å²) in [4.78, 5) is 13.4. The maximum atomic E-state index is 11.6. The predicted molar refractivity (Wildman–Crippen MR) is 59.7 cm³/mol. The van der Waals surface area contributed by atoms with Gasteiger partial charge in [0, 0.05) is 26.3 Å². The smallest absolute Gasteiger partial charge is 0.224 e. The first-order valence-corrected chi connectivity index (χ1v) is 5.72. The zero-order chi connectivity index (χ0) is 11.5. The number of aliphatic hydroxyl groups excluding tert-OH is 1. The Morgan fingerprint density at radius 1 is 1.33 bits per heavy atom. The van der Waals surface area contributed by atoms with Crippen molar-refractivity contribution in [3.05, 3.63) is 0 Å². The fourth-order valence-electron chi connectivity index (χ4n) is 1.28. The van der Waals surface area contributed by atoms with E-state index in [1.807, 2.05) is 13.8 Å². The van der Waals surface area contributed by atoms with E-state index in [2.05, 4.69) is 0 Å². The first-order valence-electron chi connectivity index (χ1n) is 5.72. The number of hydrogen-bond donors (Lipinski definition) is 1. The molecule has 1 amide bonds. The van der Waals surface area contributed by atoms with E-state index in [1.54, 1.807) is 4.90 Å². The predicted octanol–water partition coefficient (Wildman–Crippen LogP) is 1.03. The average Bonchev–Trinajstić information content (AvgIpc) is 2.25. The number of aliphatic hydroxyl groups is 1. The van der Waals surface area contributed by atoms with Crippen LogP contribution in [0.25, 0.3) is 0 Å². The maximum absolute atomic E-state index is 11.6. The van der Waals surface area contributed by atoms with Crippen molar-refractivity contribution in [1.29, 1.82) is 0 Å². The molecule has 15 heavy (non-hydrogen) atoms. The minimum atomic E-state index is 0.113. The first-order chi connectivity index (χ1) is 7.26. The average molecular weight is 217 g/mol. The van der Waals surface area contributed by atoms with Gasteiger partial charge < -0.3 is 14.7 Å². The van der Waals surface area contributed by atoms with E-state index in [9.17, 15) is 4.79 Å². The highest BCUT2D eigenvalue weighted by Gasteiger charge is 2.10. The van der Waals surface area contributed by atoms with E-state index in [0.29, 0.717) is 32.5 Å². The molecule has 0 aliphatic heterocycles. The molecule has 0 aromatic carbocycles. The Bertz CT molecular complexity index is 162. The second kappa shape index (κ2) is 9.93. The summed E-state index contributed by atoms with van der Waals surface area (Å²) >= 11 is 0. The Labute approximate surface area is 92.2 Å². The second-order valence-electron chi connectivity index (χ2n) is 3.41. The van der Waals surface area contributed by atoms with Crippen LogP contribution < -0.4 is 0 Å². The Morgan fingerprint density at radius 2 is 2.07 bits per heavy atom. The third-order valence-corrected chi connectivity index (χ3v) is 2.13. The standard InChI is InChI=1S/C11H23NO3/c1-3-9-15-10-6-11(14)12(4-2)7-5-8-13/h13H,3-10H2,1-2H3. The summed E-state index contributed by atoms with van der Waals surface area (Å²) in [7, 11) is 0. The van der Waals surface area contributed by atoms with Crippen LogP contribution in [0.1, 0.15) is 33.1 Å². The van der Waals surface area contributed by atoms with Crippen LogP contribution in [0.15, 0.2) is 0 Å². The summed E-state index contributed by atoms with van der Waals surface area (Å²) in [6, 6.07) is 0. The molecule has 0 bridgehead atoms. The topological polar surface area (TPSA) is 49.8 Å². The molecule has 1 N–H and O–H groups in total. The van der Waals surface area contributed by atoms with E-state index in [1.165, 1.54) is 0 Å². The molecule has 0 atom stereocenters. The largest absolute Gasteiger partial charge is 0.396 e. The van der Waals surface area contributed by atoms with Crippen molar-refractivity contribution in [2.45, 2.75) is 33.1 Å². The van der Waals surface area contributed by atoms with Crippen LogP contribution in [0.5, 0.6) is 0 Å². The third kappa shape index (κ3) is 7.33. The van der Waals surface area contributed by atoms with Crippen LogP contribution in [-0.2, 0) is 9.53 Å². The highest BCUT2D eigenvalue weighted by Crippen LogP contribution is 1.97. The molecule has 0 aromatic rings. The van der Waals surface area contributed by atoms with Crippen LogP contribution in [0.2, 0.25) is 0 Å². The minimum absolute atomic E-state index is 0.113. The van der Waals surface area contributed by atoms with Gasteiger partial charge >= 0.3 is 0 Å². The molecule has 0 aliphatic carbocycles. The van der Waals surface area contributed by atoms with Gasteiger partial charge in [-0.25, -0.2) is 0 Å². The van der Waals surface area contributed by atoms with Gasteiger partial charge in [0.2, 0.25) is 5.91 Å². The fourth-order valence-corrected chi connectivity index (χ4v) is 1.28. The summed E-state index contributed by atoms with van der Waals surface area (Å²) in [5, 5.41) is 8.68. The summed E-state index contributed by atoms with van der Waals surface area (Å²) in [5.74, 6) is 0.113. The normalized spacial score (nSPS) is 10.3. The molecule has 0 fully saturated rings. The number of nitrogens with zero attached hydrogens (tertiary/aromatic N) is 1. The quantitative estimate of drug-likeness (QED) is 0.587. The lowest BCUT2D eigenvalue weighted by atomic mass is 10.3. The number of hydrogen-bond acceptors (Lipinski definition) is 3. The van der Waals surface area contributed by atoms with Gasteiger partial charge in [0.25, 0.3) is 0 Å². The monoisotopic (exact) mass is 217 g/mol. The molecule has 0 rings (SSSR count). The number of carbonyl (C=O) groups is 1. The van der Waals surface area contributed by atoms with Crippen molar-refractivity contribution < 1.29 is 14.6 Å². The Balaban J connectivity index is 3.63. The molecule has 0 saturated carbocycles. The zero-order valence-corrected chi connectivity index (χ0v) is 9.87. The first kappa shape index (κ1) is 14.4. The summed E-state index contributed by atoms with van der Waals surface area (Å²) < 4.78 is 5.26. The van der Waals surface area contributed by atoms with Crippen molar-refractivity contribution in [3.63, 3.8) is 0 Å². The van der Waals surface area contributed by atoms with Crippen molar-refractivity contribution in [2.75, 3.05) is 32.9 Å². The Hall–Kier alpha value is -0.610. The van der Waals surface area contributed by atoms with Crippen molar-refractivity contribution in [3.8, 4) is 0 Å². The fraction of sp³-hybridized carbons (Fsp3) is 0.909. The zero-order valence-electron chi connectivity index (χ0n) is 9.87. The van der Waals surface area contributed by atoms with Gasteiger partial charge in [-0.05, 0) is 19.8 Å². The molecular formula is C11H23NO3. The highest BCUT2D eigenvalue weighted by atomic mass is 16.5. The molecular weight excluding hydrogens is 194 g/mol. The van der Waals surface area contributed by atoms with Gasteiger partial charge in [0.1, 0.15) is 0 Å². The summed E-state index contributed by atoms with van der Waals surface area (Å²) in [5.41, 5.74) is 0. The third-order valence-electron chi connectivity index (χ3n) is 2.13. The Morgan fingerprint density at radius 3 is 2.60 bits per heavy atom. The maximum Gasteiger partial charge on any atom is 0.224 e. The van der Waals surface area contributed by atoms with E-state index in [4.69, 9.17) is 9.84 Å². The van der Waals surface area contributed by atoms with Crippen LogP contribution in [0.4, 0.5) is 0 Å². The summed E-state index contributed by atoms with van der Waals surface area (Å²) in [6.45, 7) is 6.68. The lowest BCUT2D eigenvalue weighted by molar-refractivity contribution is -0.132. The SMILES string of the molecule is CCCOCCC(=O)N(CC)CCCO. The van der Waals surface area contributed by atoms with Crippen LogP contribution in [0.3, 0.4) is 0 Å².